The summed E-state index contributed by atoms with van der Waals surface area (Å²) in [7, 11) is -0.697. The number of rotatable bonds is 34. The van der Waals surface area contributed by atoms with Crippen molar-refractivity contribution in [1.82, 2.24) is 4.90 Å². The van der Waals surface area contributed by atoms with Crippen LogP contribution in [0.1, 0.15) is 168 Å². The first-order chi connectivity index (χ1) is 21.7. The predicted octanol–water partition coefficient (Wildman–Crippen LogP) is 9.54. The highest BCUT2D eigenvalue weighted by atomic mass is 31.2. The number of ether oxygens (including phenoxy) is 2. The van der Waals surface area contributed by atoms with Gasteiger partial charge in [0.25, 0.3) is 0 Å². The van der Waals surface area contributed by atoms with Crippen molar-refractivity contribution in [3.05, 3.63) is 0 Å². The van der Waals surface area contributed by atoms with E-state index in [1.807, 2.05) is 19.0 Å². The zero-order chi connectivity index (χ0) is 33.4. The van der Waals surface area contributed by atoms with Crippen molar-refractivity contribution in [2.75, 3.05) is 40.5 Å². The van der Waals surface area contributed by atoms with Crippen molar-refractivity contribution in [2.45, 2.75) is 174 Å². The molecule has 45 heavy (non-hydrogen) atoms. The summed E-state index contributed by atoms with van der Waals surface area (Å²) in [6.45, 7) is 4.30. The van der Waals surface area contributed by atoms with Gasteiger partial charge in [0.1, 0.15) is 6.61 Å². The Bertz CT molecular complexity index is 736. The van der Waals surface area contributed by atoms with Crippen molar-refractivity contribution in [2.24, 2.45) is 0 Å². The molecule has 0 radical (unpaired) electrons. The van der Waals surface area contributed by atoms with E-state index < -0.39 is 26.5 Å². The highest BCUT2D eigenvalue weighted by Crippen LogP contribution is 2.43. The number of phosphoric acid groups is 1. The minimum atomic E-state index is -4.34. The molecule has 0 fully saturated rings. The molecule has 0 aromatic rings. The van der Waals surface area contributed by atoms with Crippen molar-refractivity contribution < 1.29 is 37.6 Å². The summed E-state index contributed by atoms with van der Waals surface area (Å²) >= 11 is 0. The number of phosphoric ester groups is 1. The molecule has 0 aliphatic heterocycles. The molecule has 2 atom stereocenters. The van der Waals surface area contributed by atoms with Gasteiger partial charge in [0.05, 0.1) is 13.2 Å². The molecule has 1 N–H and O–H groups in total. The lowest BCUT2D eigenvalue weighted by atomic mass is 10.1. The molecular weight excluding hydrogens is 593 g/mol. The number of carbonyl (C=O) groups excluding carboxylic acids is 2. The summed E-state index contributed by atoms with van der Waals surface area (Å²) < 4.78 is 33.2. The number of carbonyl (C=O) groups is 2. The van der Waals surface area contributed by atoms with Crippen molar-refractivity contribution in [3.63, 3.8) is 0 Å². The van der Waals surface area contributed by atoms with Crippen molar-refractivity contribution >= 4 is 19.8 Å². The second-order valence-corrected chi connectivity index (χ2v) is 14.2. The zero-order valence-corrected chi connectivity index (χ0v) is 30.5. The first-order valence-corrected chi connectivity index (χ1v) is 19.8. The van der Waals surface area contributed by atoms with Crippen molar-refractivity contribution in [3.8, 4) is 0 Å². The van der Waals surface area contributed by atoms with Crippen LogP contribution in [-0.2, 0) is 32.7 Å². The summed E-state index contributed by atoms with van der Waals surface area (Å²) in [5.41, 5.74) is 0. The van der Waals surface area contributed by atoms with Crippen LogP contribution < -0.4 is 0 Å². The third-order valence-electron chi connectivity index (χ3n) is 7.91. The number of hydrogen-bond donors (Lipinski definition) is 1. The number of esters is 2. The number of hydrogen-bond acceptors (Lipinski definition) is 8. The van der Waals surface area contributed by atoms with Crippen LogP contribution in [-0.4, -0.2) is 68.3 Å². The van der Waals surface area contributed by atoms with E-state index in [9.17, 15) is 19.0 Å². The Kier molecular flexibility index (Phi) is 30.9. The van der Waals surface area contributed by atoms with E-state index in [0.717, 1.165) is 32.1 Å². The summed E-state index contributed by atoms with van der Waals surface area (Å²) in [4.78, 5) is 36.7. The maximum Gasteiger partial charge on any atom is 0.472 e. The van der Waals surface area contributed by atoms with Gasteiger partial charge in [0.2, 0.25) is 0 Å². The summed E-state index contributed by atoms with van der Waals surface area (Å²) in [6.07, 6.45) is 25.7. The first-order valence-electron chi connectivity index (χ1n) is 18.3. The molecule has 0 aliphatic carbocycles. The van der Waals surface area contributed by atoms with Gasteiger partial charge in [-0.15, -0.1) is 0 Å². The minimum absolute atomic E-state index is 0.0119. The Balaban J connectivity index is 4.37. The fourth-order valence-corrected chi connectivity index (χ4v) is 5.78. The van der Waals surface area contributed by atoms with Crippen LogP contribution >= 0.6 is 7.82 Å². The highest BCUT2D eigenvalue weighted by molar-refractivity contribution is 7.47. The van der Waals surface area contributed by atoms with Crippen LogP contribution in [0.25, 0.3) is 0 Å². The molecule has 2 unspecified atom stereocenters. The Hall–Kier alpha value is -0.990. The van der Waals surface area contributed by atoms with E-state index in [4.69, 9.17) is 18.5 Å². The fourth-order valence-electron chi connectivity index (χ4n) is 5.04. The SMILES string of the molecule is CCCCCCCCCCCCCC(=O)OCC(COP(=O)(O)OCCN(C)C)OC(=O)CCCCCCCCCCCCC. The topological polar surface area (TPSA) is 112 Å². The molecule has 0 saturated carbocycles. The highest BCUT2D eigenvalue weighted by Gasteiger charge is 2.26. The van der Waals surface area contributed by atoms with E-state index in [-0.39, 0.29) is 25.6 Å². The summed E-state index contributed by atoms with van der Waals surface area (Å²) in [5, 5.41) is 0. The van der Waals surface area contributed by atoms with Gasteiger partial charge in [0, 0.05) is 19.4 Å². The minimum Gasteiger partial charge on any atom is -0.462 e. The Morgan fingerprint density at radius 3 is 1.42 bits per heavy atom. The molecule has 10 heteroatoms. The molecule has 0 amide bonds. The monoisotopic (exact) mass is 663 g/mol. The molecule has 0 heterocycles. The maximum atomic E-state index is 12.5. The normalized spacial score (nSPS) is 13.6. The standard InChI is InChI=1S/C35H70NO8P/c1-5-7-9-11-13-15-17-19-21-23-25-27-34(37)41-31-33(32-43-45(39,40)42-30-29-36(3)4)44-35(38)28-26-24-22-20-18-16-14-12-10-8-6-2/h33H,5-32H2,1-4H3,(H,39,40). The molecule has 0 saturated heterocycles. The molecule has 0 spiro atoms. The van der Waals surface area contributed by atoms with Gasteiger partial charge in [-0.05, 0) is 26.9 Å². The van der Waals surface area contributed by atoms with Gasteiger partial charge >= 0.3 is 19.8 Å². The van der Waals surface area contributed by atoms with Gasteiger partial charge in [-0.3, -0.25) is 18.6 Å². The predicted molar refractivity (Wildman–Crippen MR) is 183 cm³/mol. The lowest BCUT2D eigenvalue weighted by Crippen LogP contribution is -2.29. The number of unbranched alkanes of at least 4 members (excludes halogenated alkanes) is 20. The summed E-state index contributed by atoms with van der Waals surface area (Å²) in [5.74, 6) is -0.797. The van der Waals surface area contributed by atoms with Crippen LogP contribution in [0.3, 0.4) is 0 Å². The van der Waals surface area contributed by atoms with Gasteiger partial charge in [-0.2, -0.15) is 0 Å². The van der Waals surface area contributed by atoms with Crippen LogP contribution in [0.15, 0.2) is 0 Å². The molecule has 0 aromatic carbocycles. The molecular formula is C35H70NO8P. The Morgan fingerprint density at radius 1 is 0.600 bits per heavy atom. The number of likely N-dealkylation sites (N-methyl/N-ethyl adjacent to an activating group) is 1. The molecule has 0 aliphatic rings. The van der Waals surface area contributed by atoms with Crippen molar-refractivity contribution in [1.29, 1.82) is 0 Å². The third-order valence-corrected chi connectivity index (χ3v) is 8.90. The van der Waals surface area contributed by atoms with Crippen LogP contribution in [0.5, 0.6) is 0 Å². The van der Waals surface area contributed by atoms with Gasteiger partial charge in [-0.1, -0.05) is 142 Å². The van der Waals surface area contributed by atoms with E-state index in [1.54, 1.807) is 0 Å². The second kappa shape index (κ2) is 31.6. The largest absolute Gasteiger partial charge is 0.472 e. The summed E-state index contributed by atoms with van der Waals surface area (Å²) in [6, 6.07) is 0. The molecule has 0 aromatic heterocycles. The lowest BCUT2D eigenvalue weighted by molar-refractivity contribution is -0.161. The van der Waals surface area contributed by atoms with Crippen LogP contribution in [0.4, 0.5) is 0 Å². The maximum absolute atomic E-state index is 12.5. The Morgan fingerprint density at radius 2 is 1.00 bits per heavy atom. The number of nitrogens with zero attached hydrogens (tertiary/aromatic N) is 1. The van der Waals surface area contributed by atoms with Gasteiger partial charge in [-0.25, -0.2) is 4.57 Å². The van der Waals surface area contributed by atoms with E-state index in [1.165, 1.54) is 103 Å². The van der Waals surface area contributed by atoms with Crippen LogP contribution in [0.2, 0.25) is 0 Å². The van der Waals surface area contributed by atoms with Gasteiger partial charge in [0.15, 0.2) is 6.10 Å². The average molecular weight is 664 g/mol. The van der Waals surface area contributed by atoms with Gasteiger partial charge < -0.3 is 19.3 Å². The second-order valence-electron chi connectivity index (χ2n) is 12.8. The first kappa shape index (κ1) is 44.0. The zero-order valence-electron chi connectivity index (χ0n) is 29.6. The molecule has 268 valence electrons. The smallest absolute Gasteiger partial charge is 0.462 e. The lowest BCUT2D eigenvalue weighted by Gasteiger charge is -2.20. The average Bonchev–Trinajstić information content (AvgIpc) is 2.99. The quantitative estimate of drug-likeness (QED) is 0.0409. The van der Waals surface area contributed by atoms with E-state index in [0.29, 0.717) is 19.4 Å². The van der Waals surface area contributed by atoms with E-state index >= 15 is 0 Å². The van der Waals surface area contributed by atoms with Crippen LogP contribution in [0, 0.1) is 0 Å². The molecule has 0 bridgehead atoms. The Labute approximate surface area is 276 Å². The molecule has 9 nitrogen and oxygen atoms in total. The molecule has 0 rings (SSSR count). The third kappa shape index (κ3) is 32.7. The fraction of sp³-hybridized carbons (Fsp3) is 0.943. The van der Waals surface area contributed by atoms with E-state index in [2.05, 4.69) is 13.8 Å².